The second-order valence-corrected chi connectivity index (χ2v) is 2.91. The Morgan fingerprint density at radius 1 is 1.55 bits per heavy atom. The minimum atomic E-state index is 0. The van der Waals surface area contributed by atoms with Crippen molar-refractivity contribution in [1.29, 1.82) is 0 Å². The van der Waals surface area contributed by atoms with E-state index in [0.29, 0.717) is 5.92 Å². The van der Waals surface area contributed by atoms with Crippen LogP contribution in [0.15, 0.2) is 17.3 Å². The van der Waals surface area contributed by atoms with Crippen molar-refractivity contribution in [3.8, 4) is 0 Å². The molecular weight excluding hydrogens is 138 g/mol. The first kappa shape index (κ1) is 6.61. The second kappa shape index (κ2) is 1.95. The van der Waals surface area contributed by atoms with E-state index in [1.54, 1.807) is 0 Å². The number of aromatic amines is 1. The highest BCUT2D eigenvalue weighted by Crippen LogP contribution is 2.40. The Morgan fingerprint density at radius 2 is 2.45 bits per heavy atom. The van der Waals surface area contributed by atoms with Crippen LogP contribution in [0.3, 0.4) is 0 Å². The maximum atomic E-state index is 4.41. The molecule has 2 heterocycles. The van der Waals surface area contributed by atoms with Crippen LogP contribution >= 0.6 is 0 Å². The van der Waals surface area contributed by atoms with Crippen LogP contribution in [-0.4, -0.2) is 17.2 Å². The molecule has 3 nitrogen and oxygen atoms in total. The lowest BCUT2D eigenvalue weighted by atomic mass is 9.81. The zero-order valence-electron chi connectivity index (χ0n) is 6.30. The number of nitrogens with zero attached hydrogens (tertiary/aromatic N) is 1. The smallest absolute Gasteiger partial charge is 0.0529 e. The van der Waals surface area contributed by atoms with E-state index >= 15 is 0 Å². The zero-order chi connectivity index (χ0) is 6.55. The molecule has 0 saturated heterocycles. The SMILES string of the molecule is N.c1cc2c([nH]1)C1CCN=C21. The Morgan fingerprint density at radius 3 is 3.36 bits per heavy atom. The van der Waals surface area contributed by atoms with Gasteiger partial charge >= 0.3 is 0 Å². The summed E-state index contributed by atoms with van der Waals surface area (Å²) in [6.07, 6.45) is 3.23. The van der Waals surface area contributed by atoms with E-state index in [0.717, 1.165) is 6.54 Å². The fourth-order valence-corrected chi connectivity index (χ4v) is 1.93. The first-order valence-electron chi connectivity index (χ1n) is 3.69. The minimum Gasteiger partial charge on any atom is -0.364 e. The molecule has 0 radical (unpaired) electrons. The lowest BCUT2D eigenvalue weighted by Crippen LogP contribution is -2.22. The molecule has 58 valence electrons. The highest BCUT2D eigenvalue weighted by Gasteiger charge is 2.37. The van der Waals surface area contributed by atoms with E-state index in [2.05, 4.69) is 16.0 Å². The highest BCUT2D eigenvalue weighted by atomic mass is 14.9. The molecule has 0 saturated carbocycles. The Labute approximate surface area is 65.1 Å². The summed E-state index contributed by atoms with van der Waals surface area (Å²) >= 11 is 0. The van der Waals surface area contributed by atoms with E-state index in [9.17, 15) is 0 Å². The number of aliphatic imine (C=N–C) groups is 1. The molecule has 1 aromatic rings. The number of H-pyrrole nitrogens is 1. The molecule has 1 aliphatic heterocycles. The molecule has 1 atom stereocenters. The van der Waals surface area contributed by atoms with Gasteiger partial charge in [-0.1, -0.05) is 0 Å². The standard InChI is InChI=1S/C8H8N2.H3N/c1-3-9-7-5(1)8-6(7)2-4-10-8;/h1,3,6,9H,2,4H2;1H3. The maximum absolute atomic E-state index is 4.41. The van der Waals surface area contributed by atoms with E-state index in [1.165, 1.54) is 23.4 Å². The second-order valence-electron chi connectivity index (χ2n) is 2.91. The number of fused-ring (bicyclic) bond motifs is 4. The van der Waals surface area contributed by atoms with Crippen LogP contribution in [0.2, 0.25) is 0 Å². The molecule has 2 aliphatic rings. The minimum absolute atomic E-state index is 0. The quantitative estimate of drug-likeness (QED) is 0.576. The maximum Gasteiger partial charge on any atom is 0.0529 e. The van der Waals surface area contributed by atoms with Crippen molar-refractivity contribution in [2.45, 2.75) is 12.3 Å². The highest BCUT2D eigenvalue weighted by molar-refractivity contribution is 6.14. The lowest BCUT2D eigenvalue weighted by molar-refractivity contribution is 0.797. The normalized spacial score (nSPS) is 24.4. The van der Waals surface area contributed by atoms with E-state index in [-0.39, 0.29) is 6.15 Å². The summed E-state index contributed by atoms with van der Waals surface area (Å²) in [7, 11) is 0. The van der Waals surface area contributed by atoms with Crippen LogP contribution in [0.5, 0.6) is 0 Å². The van der Waals surface area contributed by atoms with Gasteiger partial charge < -0.3 is 11.1 Å². The van der Waals surface area contributed by atoms with Crippen LogP contribution < -0.4 is 6.15 Å². The van der Waals surface area contributed by atoms with Gasteiger partial charge in [-0.2, -0.15) is 0 Å². The van der Waals surface area contributed by atoms with E-state index in [1.807, 2.05) is 6.20 Å². The van der Waals surface area contributed by atoms with Gasteiger partial charge in [0.2, 0.25) is 0 Å². The third-order valence-electron chi connectivity index (χ3n) is 2.43. The Hall–Kier alpha value is -1.09. The van der Waals surface area contributed by atoms with Crippen molar-refractivity contribution in [2.24, 2.45) is 4.99 Å². The van der Waals surface area contributed by atoms with Crippen LogP contribution in [0, 0.1) is 0 Å². The van der Waals surface area contributed by atoms with E-state index in [4.69, 9.17) is 0 Å². The number of nitrogens with one attached hydrogen (secondary N) is 1. The van der Waals surface area contributed by atoms with Crippen LogP contribution in [0.25, 0.3) is 0 Å². The number of hydrogen-bond donors (Lipinski definition) is 2. The van der Waals surface area contributed by atoms with Crippen molar-refractivity contribution >= 4 is 5.71 Å². The van der Waals surface area contributed by atoms with Crippen molar-refractivity contribution < 1.29 is 0 Å². The predicted octanol–water partition coefficient (Wildman–Crippen LogP) is 1.47. The molecule has 11 heavy (non-hydrogen) atoms. The molecule has 0 bridgehead atoms. The van der Waals surface area contributed by atoms with Gasteiger partial charge in [-0.15, -0.1) is 0 Å². The Kier molecular flexibility index (Phi) is 1.17. The van der Waals surface area contributed by atoms with Crippen molar-refractivity contribution in [3.05, 3.63) is 23.5 Å². The number of aromatic nitrogens is 1. The van der Waals surface area contributed by atoms with Gasteiger partial charge in [-0.3, -0.25) is 4.99 Å². The van der Waals surface area contributed by atoms with Gasteiger partial charge in [0.25, 0.3) is 0 Å². The average molecular weight is 149 g/mol. The molecule has 0 aromatic carbocycles. The first-order valence-corrected chi connectivity index (χ1v) is 3.69. The Balaban J connectivity index is 0.000000480. The monoisotopic (exact) mass is 149 g/mol. The third kappa shape index (κ3) is 0.587. The van der Waals surface area contributed by atoms with Crippen LogP contribution in [-0.2, 0) is 0 Å². The number of hydrogen-bond acceptors (Lipinski definition) is 2. The molecule has 3 heteroatoms. The fourth-order valence-electron chi connectivity index (χ4n) is 1.93. The van der Waals surface area contributed by atoms with Crippen molar-refractivity contribution in [3.63, 3.8) is 0 Å². The molecule has 1 aliphatic carbocycles. The summed E-state index contributed by atoms with van der Waals surface area (Å²) in [6, 6.07) is 2.12. The van der Waals surface area contributed by atoms with Crippen molar-refractivity contribution in [1.82, 2.24) is 11.1 Å². The molecular formula is C8H11N3. The largest absolute Gasteiger partial charge is 0.364 e. The molecule has 0 spiro atoms. The molecule has 0 amide bonds. The zero-order valence-corrected chi connectivity index (χ0v) is 6.30. The fraction of sp³-hybridized carbons (Fsp3) is 0.375. The van der Waals surface area contributed by atoms with Crippen LogP contribution in [0.1, 0.15) is 23.6 Å². The topological polar surface area (TPSA) is 63.1 Å². The number of rotatable bonds is 0. The van der Waals surface area contributed by atoms with Gasteiger partial charge in [0, 0.05) is 29.9 Å². The van der Waals surface area contributed by atoms with Crippen LogP contribution in [0.4, 0.5) is 0 Å². The van der Waals surface area contributed by atoms with E-state index < -0.39 is 0 Å². The Bertz CT molecular complexity index is 311. The van der Waals surface area contributed by atoms with Gasteiger partial charge in [-0.05, 0) is 12.5 Å². The molecule has 1 unspecified atom stereocenters. The third-order valence-corrected chi connectivity index (χ3v) is 2.43. The summed E-state index contributed by atoms with van der Waals surface area (Å²) < 4.78 is 0. The summed E-state index contributed by atoms with van der Waals surface area (Å²) in [6.45, 7) is 1.03. The summed E-state index contributed by atoms with van der Waals surface area (Å²) in [4.78, 5) is 7.66. The van der Waals surface area contributed by atoms with Gasteiger partial charge in [-0.25, -0.2) is 0 Å². The first-order chi connectivity index (χ1) is 4.97. The molecule has 4 N–H and O–H groups in total. The van der Waals surface area contributed by atoms with Gasteiger partial charge in [0.15, 0.2) is 0 Å². The molecule has 0 fully saturated rings. The van der Waals surface area contributed by atoms with Gasteiger partial charge in [0.05, 0.1) is 5.71 Å². The van der Waals surface area contributed by atoms with Crippen molar-refractivity contribution in [2.75, 3.05) is 6.54 Å². The summed E-state index contributed by atoms with van der Waals surface area (Å²) in [5.74, 6) is 0.671. The molecule has 3 rings (SSSR count). The van der Waals surface area contributed by atoms with Gasteiger partial charge in [0.1, 0.15) is 0 Å². The summed E-state index contributed by atoms with van der Waals surface area (Å²) in [5.41, 5.74) is 4.12. The predicted molar refractivity (Wildman–Crippen MR) is 44.6 cm³/mol. The molecule has 1 aromatic heterocycles. The average Bonchev–Trinajstić information content (AvgIpc) is 2.42. The summed E-state index contributed by atoms with van der Waals surface area (Å²) in [5, 5.41) is 0. The lowest BCUT2D eigenvalue weighted by Gasteiger charge is -2.22.